The quantitative estimate of drug-likeness (QED) is 0.754. The number of amides is 1. The van der Waals surface area contributed by atoms with Gasteiger partial charge in [0.1, 0.15) is 0 Å². The highest BCUT2D eigenvalue weighted by Gasteiger charge is 2.10. The number of aromatic amines is 1. The second-order valence-corrected chi connectivity index (χ2v) is 5.57. The van der Waals surface area contributed by atoms with Crippen LogP contribution < -0.4 is 5.32 Å². The van der Waals surface area contributed by atoms with Crippen molar-refractivity contribution in [3.05, 3.63) is 65.1 Å². The minimum atomic E-state index is -0.882. The van der Waals surface area contributed by atoms with Gasteiger partial charge in [-0.1, -0.05) is 6.92 Å². The maximum absolute atomic E-state index is 13.4. The summed E-state index contributed by atoms with van der Waals surface area (Å²) in [6.45, 7) is 2.39. The minimum absolute atomic E-state index is 0.199. The molecule has 0 bridgehead atoms. The second kappa shape index (κ2) is 6.78. The van der Waals surface area contributed by atoms with Gasteiger partial charge in [-0.3, -0.25) is 9.78 Å². The average Bonchev–Trinajstić information content (AvgIpc) is 2.97. The van der Waals surface area contributed by atoms with Gasteiger partial charge in [0.05, 0.1) is 5.56 Å². The fraction of sp³-hybridized carbons (Fsp3) is 0.222. The number of hydrogen-bond donors (Lipinski definition) is 2. The molecule has 0 aliphatic rings. The molecule has 2 N–H and O–H groups in total. The number of carbonyl (C=O) groups excluding carboxylic acids is 1. The highest BCUT2D eigenvalue weighted by Crippen LogP contribution is 2.21. The number of benzene rings is 1. The van der Waals surface area contributed by atoms with Crippen LogP contribution in [0, 0.1) is 11.6 Å². The maximum atomic E-state index is 13.4. The first-order chi connectivity index (χ1) is 11.6. The van der Waals surface area contributed by atoms with Gasteiger partial charge in [-0.25, -0.2) is 8.78 Å². The van der Waals surface area contributed by atoms with E-state index >= 15 is 0 Å². The van der Waals surface area contributed by atoms with Gasteiger partial charge >= 0.3 is 0 Å². The predicted octanol–water partition coefficient (Wildman–Crippen LogP) is 3.38. The van der Waals surface area contributed by atoms with Crippen molar-refractivity contribution in [3.63, 3.8) is 0 Å². The summed E-state index contributed by atoms with van der Waals surface area (Å²) in [7, 11) is 0. The number of nitrogens with one attached hydrogen (secondary N) is 2. The number of aryl methyl sites for hydroxylation is 1. The number of pyridine rings is 1. The topological polar surface area (TPSA) is 57.8 Å². The number of halogens is 2. The first-order valence-corrected chi connectivity index (χ1v) is 7.75. The summed E-state index contributed by atoms with van der Waals surface area (Å²) in [5.74, 6) is -1.96. The summed E-state index contributed by atoms with van der Waals surface area (Å²) >= 11 is 0. The lowest BCUT2D eigenvalue weighted by molar-refractivity contribution is 0.0953. The number of H-pyrrole nitrogens is 1. The molecule has 0 spiro atoms. The van der Waals surface area contributed by atoms with E-state index < -0.39 is 11.6 Å². The number of hydrogen-bond acceptors (Lipinski definition) is 2. The Hall–Kier alpha value is -2.76. The Kier molecular flexibility index (Phi) is 4.55. The number of carbonyl (C=O) groups is 1. The van der Waals surface area contributed by atoms with Crippen LogP contribution in [-0.2, 0) is 12.8 Å². The average molecular weight is 329 g/mol. The molecule has 1 amide bonds. The van der Waals surface area contributed by atoms with Crippen molar-refractivity contribution in [3.8, 4) is 0 Å². The van der Waals surface area contributed by atoms with Gasteiger partial charge in [-0.05, 0) is 36.1 Å². The Morgan fingerprint density at radius 1 is 1.21 bits per heavy atom. The molecule has 124 valence electrons. The number of fused-ring (bicyclic) bond motifs is 1. The predicted molar refractivity (Wildman–Crippen MR) is 87.9 cm³/mol. The van der Waals surface area contributed by atoms with Crippen LogP contribution >= 0.6 is 0 Å². The second-order valence-electron chi connectivity index (χ2n) is 5.57. The van der Waals surface area contributed by atoms with E-state index in [1.165, 1.54) is 12.3 Å². The van der Waals surface area contributed by atoms with Gasteiger partial charge in [0.15, 0.2) is 11.6 Å². The van der Waals surface area contributed by atoms with Crippen molar-refractivity contribution in [1.29, 1.82) is 0 Å². The molecule has 2 heterocycles. The number of rotatable bonds is 5. The first-order valence-electron chi connectivity index (χ1n) is 7.75. The van der Waals surface area contributed by atoms with E-state index in [0.29, 0.717) is 29.4 Å². The summed E-state index contributed by atoms with van der Waals surface area (Å²) < 4.78 is 26.6. The molecule has 0 atom stereocenters. The molecule has 24 heavy (non-hydrogen) atoms. The summed E-state index contributed by atoms with van der Waals surface area (Å²) in [5.41, 5.74) is 2.87. The number of aromatic nitrogens is 2. The van der Waals surface area contributed by atoms with Gasteiger partial charge < -0.3 is 10.3 Å². The van der Waals surface area contributed by atoms with Crippen molar-refractivity contribution in [2.24, 2.45) is 0 Å². The fourth-order valence-electron chi connectivity index (χ4n) is 2.60. The van der Waals surface area contributed by atoms with Gasteiger partial charge in [0, 0.05) is 42.1 Å². The van der Waals surface area contributed by atoms with Crippen molar-refractivity contribution >= 4 is 16.8 Å². The Morgan fingerprint density at radius 3 is 2.79 bits per heavy atom. The van der Waals surface area contributed by atoms with Crippen LogP contribution in [0.1, 0.15) is 28.4 Å². The van der Waals surface area contributed by atoms with E-state index in [1.54, 1.807) is 12.4 Å². The molecule has 4 nitrogen and oxygen atoms in total. The molecule has 3 aromatic rings. The molecule has 0 unspecified atom stereocenters. The monoisotopic (exact) mass is 329 g/mol. The molecule has 2 aromatic heterocycles. The van der Waals surface area contributed by atoms with E-state index in [9.17, 15) is 13.6 Å². The molecular weight excluding hydrogens is 312 g/mol. The zero-order valence-electron chi connectivity index (χ0n) is 13.2. The summed E-state index contributed by atoms with van der Waals surface area (Å²) in [6, 6.07) is 4.12. The van der Waals surface area contributed by atoms with Crippen molar-refractivity contribution < 1.29 is 13.6 Å². The first kappa shape index (κ1) is 16.1. The SMILES string of the molecule is CCc1cncc(C(=O)NCCc2c[nH]c3cc(F)c(F)cc23)c1. The Bertz CT molecular complexity index is 889. The highest BCUT2D eigenvalue weighted by molar-refractivity contribution is 5.94. The molecule has 0 saturated heterocycles. The molecule has 0 aliphatic heterocycles. The van der Waals surface area contributed by atoms with Crippen LogP contribution in [0.5, 0.6) is 0 Å². The Morgan fingerprint density at radius 2 is 2.00 bits per heavy atom. The van der Waals surface area contributed by atoms with Crippen LogP contribution in [0.3, 0.4) is 0 Å². The van der Waals surface area contributed by atoms with Crippen molar-refractivity contribution in [2.75, 3.05) is 6.54 Å². The third-order valence-electron chi connectivity index (χ3n) is 3.95. The minimum Gasteiger partial charge on any atom is -0.361 e. The summed E-state index contributed by atoms with van der Waals surface area (Å²) in [6.07, 6.45) is 6.28. The van der Waals surface area contributed by atoms with E-state index in [-0.39, 0.29) is 5.91 Å². The Balaban J connectivity index is 1.66. The van der Waals surface area contributed by atoms with Crippen molar-refractivity contribution in [2.45, 2.75) is 19.8 Å². The lowest BCUT2D eigenvalue weighted by Gasteiger charge is -2.06. The van der Waals surface area contributed by atoms with E-state index in [2.05, 4.69) is 15.3 Å². The lowest BCUT2D eigenvalue weighted by atomic mass is 10.1. The summed E-state index contributed by atoms with van der Waals surface area (Å²) in [5, 5.41) is 3.44. The maximum Gasteiger partial charge on any atom is 0.252 e. The molecule has 3 rings (SSSR count). The van der Waals surface area contributed by atoms with Crippen molar-refractivity contribution in [1.82, 2.24) is 15.3 Å². The zero-order chi connectivity index (χ0) is 17.1. The number of nitrogens with zero attached hydrogens (tertiary/aromatic N) is 1. The summed E-state index contributed by atoms with van der Waals surface area (Å²) in [4.78, 5) is 19.1. The Labute approximate surface area is 137 Å². The molecule has 0 saturated carbocycles. The van der Waals surface area contributed by atoms with Gasteiger partial charge in [-0.15, -0.1) is 0 Å². The van der Waals surface area contributed by atoms with Crippen LogP contribution in [0.25, 0.3) is 10.9 Å². The third-order valence-corrected chi connectivity index (χ3v) is 3.95. The fourth-order valence-corrected chi connectivity index (χ4v) is 2.60. The largest absolute Gasteiger partial charge is 0.361 e. The normalized spacial score (nSPS) is 11.0. The van der Waals surface area contributed by atoms with Crippen LogP contribution in [0.15, 0.2) is 36.8 Å². The van der Waals surface area contributed by atoms with Gasteiger partial charge in [-0.2, -0.15) is 0 Å². The van der Waals surface area contributed by atoms with Gasteiger partial charge in [0.25, 0.3) is 5.91 Å². The van der Waals surface area contributed by atoms with Crippen LogP contribution in [0.4, 0.5) is 8.78 Å². The molecule has 1 aromatic carbocycles. The van der Waals surface area contributed by atoms with E-state index in [1.807, 2.05) is 13.0 Å². The van der Waals surface area contributed by atoms with E-state index in [4.69, 9.17) is 0 Å². The molecular formula is C18H17F2N3O. The highest BCUT2D eigenvalue weighted by atomic mass is 19.2. The lowest BCUT2D eigenvalue weighted by Crippen LogP contribution is -2.25. The molecule has 6 heteroatoms. The standard InChI is InChI=1S/C18H17F2N3O/c1-2-11-5-13(9-21-8-11)18(24)22-4-3-12-10-23-17-7-16(20)15(19)6-14(12)17/h5-10,23H,2-4H2,1H3,(H,22,24). The third kappa shape index (κ3) is 3.27. The van der Waals surface area contributed by atoms with Crippen LogP contribution in [-0.4, -0.2) is 22.4 Å². The molecule has 0 radical (unpaired) electrons. The molecule has 0 aliphatic carbocycles. The van der Waals surface area contributed by atoms with Crippen LogP contribution in [0.2, 0.25) is 0 Å². The smallest absolute Gasteiger partial charge is 0.252 e. The van der Waals surface area contributed by atoms with E-state index in [0.717, 1.165) is 23.6 Å². The van der Waals surface area contributed by atoms with Gasteiger partial charge in [0.2, 0.25) is 0 Å². The zero-order valence-corrected chi connectivity index (χ0v) is 13.2. The molecule has 0 fully saturated rings.